The van der Waals surface area contributed by atoms with E-state index in [-0.39, 0.29) is 12.1 Å². The van der Waals surface area contributed by atoms with E-state index in [1.807, 2.05) is 44.2 Å². The lowest BCUT2D eigenvalue weighted by Crippen LogP contribution is -2.30. The second kappa shape index (κ2) is 7.59. The number of pyridine rings is 1. The fourth-order valence-corrected chi connectivity index (χ4v) is 1.97. The quantitative estimate of drug-likeness (QED) is 0.802. The van der Waals surface area contributed by atoms with Gasteiger partial charge in [-0.2, -0.15) is 0 Å². The fourth-order valence-electron chi connectivity index (χ4n) is 1.97. The van der Waals surface area contributed by atoms with Crippen LogP contribution in [0, 0.1) is 0 Å². The number of benzene rings is 1. The summed E-state index contributed by atoms with van der Waals surface area (Å²) in [5, 5.41) is 6.60. The van der Waals surface area contributed by atoms with Gasteiger partial charge in [0.05, 0.1) is 17.3 Å². The predicted molar refractivity (Wildman–Crippen MR) is 84.5 cm³/mol. The van der Waals surface area contributed by atoms with Crippen molar-refractivity contribution in [2.75, 3.05) is 18.5 Å². The summed E-state index contributed by atoms with van der Waals surface area (Å²) in [6.07, 6.45) is 2.76. The number of rotatable bonds is 6. The molecule has 0 fully saturated rings. The largest absolute Gasteiger partial charge is 0.379 e. The van der Waals surface area contributed by atoms with E-state index in [1.54, 1.807) is 6.20 Å². The minimum absolute atomic E-state index is 0.212. The molecule has 5 heteroatoms. The Bertz CT molecular complexity index is 594. The lowest BCUT2D eigenvalue weighted by molar-refractivity contribution is 0.0775. The zero-order chi connectivity index (χ0) is 15.1. The van der Waals surface area contributed by atoms with Crippen molar-refractivity contribution >= 4 is 22.6 Å². The molecule has 1 aromatic heterocycles. The number of aromatic nitrogens is 1. The number of amides is 2. The van der Waals surface area contributed by atoms with Crippen LogP contribution in [-0.4, -0.2) is 30.3 Å². The highest BCUT2D eigenvalue weighted by Crippen LogP contribution is 2.20. The molecule has 0 radical (unpaired) electrons. The van der Waals surface area contributed by atoms with Crippen molar-refractivity contribution in [2.24, 2.45) is 0 Å². The minimum atomic E-state index is -0.212. The van der Waals surface area contributed by atoms with Gasteiger partial charge in [-0.15, -0.1) is 0 Å². The van der Waals surface area contributed by atoms with Crippen molar-refractivity contribution in [1.29, 1.82) is 0 Å². The smallest absolute Gasteiger partial charge is 0.319 e. The van der Waals surface area contributed by atoms with E-state index in [2.05, 4.69) is 15.6 Å². The number of nitrogens with one attached hydrogen (secondary N) is 2. The molecular weight excluding hydrogens is 266 g/mol. The van der Waals surface area contributed by atoms with Crippen molar-refractivity contribution < 1.29 is 9.53 Å². The second-order valence-electron chi connectivity index (χ2n) is 5.03. The van der Waals surface area contributed by atoms with Gasteiger partial charge in [-0.05, 0) is 44.5 Å². The van der Waals surface area contributed by atoms with E-state index in [9.17, 15) is 4.79 Å². The highest BCUT2D eigenvalue weighted by atomic mass is 16.5. The first-order valence-corrected chi connectivity index (χ1v) is 7.17. The van der Waals surface area contributed by atoms with Crippen LogP contribution in [0.1, 0.15) is 20.3 Å². The Morgan fingerprint density at radius 2 is 2.14 bits per heavy atom. The van der Waals surface area contributed by atoms with E-state index >= 15 is 0 Å². The SMILES string of the molecule is CC(C)OCCCNC(=O)Nc1cccc2ncccc12. The molecule has 0 saturated carbocycles. The summed E-state index contributed by atoms with van der Waals surface area (Å²) < 4.78 is 5.42. The maximum absolute atomic E-state index is 11.9. The molecule has 0 aliphatic rings. The Balaban J connectivity index is 1.84. The normalized spacial score (nSPS) is 10.8. The van der Waals surface area contributed by atoms with E-state index < -0.39 is 0 Å². The van der Waals surface area contributed by atoms with Crippen LogP contribution in [0.25, 0.3) is 10.9 Å². The monoisotopic (exact) mass is 287 g/mol. The van der Waals surface area contributed by atoms with Crippen molar-refractivity contribution in [3.63, 3.8) is 0 Å². The number of ether oxygens (including phenoxy) is 1. The summed E-state index contributed by atoms with van der Waals surface area (Å²) in [6, 6.07) is 9.24. The first kappa shape index (κ1) is 15.3. The highest BCUT2D eigenvalue weighted by molar-refractivity contribution is 6.00. The predicted octanol–water partition coefficient (Wildman–Crippen LogP) is 3.17. The average molecular weight is 287 g/mol. The van der Waals surface area contributed by atoms with Crippen LogP contribution >= 0.6 is 0 Å². The number of fused-ring (bicyclic) bond motifs is 1. The molecule has 2 rings (SSSR count). The Morgan fingerprint density at radius 3 is 2.95 bits per heavy atom. The van der Waals surface area contributed by atoms with Gasteiger partial charge in [0.15, 0.2) is 0 Å². The van der Waals surface area contributed by atoms with Gasteiger partial charge in [-0.3, -0.25) is 4.98 Å². The molecule has 0 saturated heterocycles. The van der Waals surface area contributed by atoms with E-state index in [4.69, 9.17) is 4.74 Å². The van der Waals surface area contributed by atoms with Crippen molar-refractivity contribution in [2.45, 2.75) is 26.4 Å². The first-order valence-electron chi connectivity index (χ1n) is 7.17. The third-order valence-electron chi connectivity index (χ3n) is 2.95. The molecule has 0 aliphatic heterocycles. The first-order chi connectivity index (χ1) is 10.2. The standard InChI is InChI=1S/C16H21N3O2/c1-12(2)21-11-5-10-18-16(20)19-15-8-3-7-14-13(15)6-4-9-17-14/h3-4,6-9,12H,5,10-11H2,1-2H3,(H2,18,19,20). The third-order valence-corrected chi connectivity index (χ3v) is 2.95. The van der Waals surface area contributed by atoms with Crippen molar-refractivity contribution in [3.05, 3.63) is 36.5 Å². The lowest BCUT2D eigenvalue weighted by atomic mass is 10.2. The van der Waals surface area contributed by atoms with Crippen LogP contribution in [0.2, 0.25) is 0 Å². The van der Waals surface area contributed by atoms with Gasteiger partial charge in [0.1, 0.15) is 0 Å². The number of hydrogen-bond donors (Lipinski definition) is 2. The molecule has 0 bridgehead atoms. The Kier molecular flexibility index (Phi) is 5.51. The second-order valence-corrected chi connectivity index (χ2v) is 5.03. The van der Waals surface area contributed by atoms with Gasteiger partial charge in [0.2, 0.25) is 0 Å². The molecule has 0 atom stereocenters. The van der Waals surface area contributed by atoms with Gasteiger partial charge in [-0.1, -0.05) is 6.07 Å². The van der Waals surface area contributed by atoms with Crippen LogP contribution in [-0.2, 0) is 4.74 Å². The molecule has 2 N–H and O–H groups in total. The zero-order valence-corrected chi connectivity index (χ0v) is 12.4. The zero-order valence-electron chi connectivity index (χ0n) is 12.4. The maximum Gasteiger partial charge on any atom is 0.319 e. The maximum atomic E-state index is 11.9. The van der Waals surface area contributed by atoms with Gasteiger partial charge < -0.3 is 15.4 Å². The molecule has 2 amide bonds. The average Bonchev–Trinajstić information content (AvgIpc) is 2.47. The summed E-state index contributed by atoms with van der Waals surface area (Å²) in [5.41, 5.74) is 1.62. The third kappa shape index (κ3) is 4.72. The summed E-state index contributed by atoms with van der Waals surface area (Å²) >= 11 is 0. The number of hydrogen-bond acceptors (Lipinski definition) is 3. The van der Waals surface area contributed by atoms with Crippen LogP contribution < -0.4 is 10.6 Å². The van der Waals surface area contributed by atoms with Crippen LogP contribution in [0.4, 0.5) is 10.5 Å². The molecular formula is C16H21N3O2. The molecule has 0 unspecified atom stereocenters. The number of anilines is 1. The molecule has 0 spiro atoms. The Labute approximate surface area is 124 Å². The fraction of sp³-hybridized carbons (Fsp3) is 0.375. The summed E-state index contributed by atoms with van der Waals surface area (Å²) in [5.74, 6) is 0. The Hall–Kier alpha value is -2.14. The van der Waals surface area contributed by atoms with Crippen LogP contribution in [0.5, 0.6) is 0 Å². The number of carbonyl (C=O) groups excluding carboxylic acids is 1. The number of nitrogens with zero attached hydrogens (tertiary/aromatic N) is 1. The summed E-state index contributed by atoms with van der Waals surface area (Å²) in [7, 11) is 0. The van der Waals surface area contributed by atoms with E-state index in [0.29, 0.717) is 13.2 Å². The molecule has 1 heterocycles. The van der Waals surface area contributed by atoms with E-state index in [1.165, 1.54) is 0 Å². The lowest BCUT2D eigenvalue weighted by Gasteiger charge is -2.10. The van der Waals surface area contributed by atoms with Gasteiger partial charge in [-0.25, -0.2) is 4.79 Å². The number of carbonyl (C=O) groups is 1. The van der Waals surface area contributed by atoms with Crippen molar-refractivity contribution in [3.8, 4) is 0 Å². The van der Waals surface area contributed by atoms with Gasteiger partial charge in [0, 0.05) is 24.7 Å². The highest BCUT2D eigenvalue weighted by Gasteiger charge is 2.05. The van der Waals surface area contributed by atoms with Crippen LogP contribution in [0.3, 0.4) is 0 Å². The van der Waals surface area contributed by atoms with Gasteiger partial charge in [0.25, 0.3) is 0 Å². The molecule has 112 valence electrons. The van der Waals surface area contributed by atoms with Gasteiger partial charge >= 0.3 is 6.03 Å². The topological polar surface area (TPSA) is 63.2 Å². The summed E-state index contributed by atoms with van der Waals surface area (Å²) in [4.78, 5) is 16.1. The molecule has 21 heavy (non-hydrogen) atoms. The summed E-state index contributed by atoms with van der Waals surface area (Å²) in [6.45, 7) is 5.22. The Morgan fingerprint density at radius 1 is 1.29 bits per heavy atom. The van der Waals surface area contributed by atoms with E-state index in [0.717, 1.165) is 23.0 Å². The molecule has 5 nitrogen and oxygen atoms in total. The van der Waals surface area contributed by atoms with Crippen molar-refractivity contribution in [1.82, 2.24) is 10.3 Å². The molecule has 2 aromatic rings. The van der Waals surface area contributed by atoms with Crippen LogP contribution in [0.15, 0.2) is 36.5 Å². The minimum Gasteiger partial charge on any atom is -0.379 e. The number of urea groups is 1. The molecule has 1 aromatic carbocycles. The molecule has 0 aliphatic carbocycles.